The Labute approximate surface area is 131 Å². The molecule has 1 rings (SSSR count). The van der Waals surface area contributed by atoms with E-state index in [0.717, 1.165) is 32.4 Å². The lowest BCUT2D eigenvalue weighted by Gasteiger charge is -2.31. The molecule has 1 atom stereocenters. The molecular formula is C15H33N3O2S. The number of nitrogens with zero attached hydrogens (tertiary/aromatic N) is 1. The second-order valence-electron chi connectivity index (χ2n) is 6.62. The van der Waals surface area contributed by atoms with Crippen LogP contribution < -0.4 is 10.0 Å². The molecule has 0 aromatic rings. The molecule has 126 valence electrons. The van der Waals surface area contributed by atoms with Crippen LogP contribution in [0, 0.1) is 17.8 Å². The molecule has 2 N–H and O–H groups in total. The quantitative estimate of drug-likeness (QED) is 0.637. The van der Waals surface area contributed by atoms with Crippen LogP contribution in [0.4, 0.5) is 0 Å². The first kappa shape index (κ1) is 18.9. The first-order valence-electron chi connectivity index (χ1n) is 8.32. The van der Waals surface area contributed by atoms with Crippen molar-refractivity contribution in [2.24, 2.45) is 17.8 Å². The number of nitrogens with one attached hydrogen (secondary N) is 2. The zero-order chi connectivity index (χ0) is 15.9. The first-order valence-corrected chi connectivity index (χ1v) is 9.76. The predicted octanol–water partition coefficient (Wildman–Crippen LogP) is 1.82. The monoisotopic (exact) mass is 319 g/mol. The fraction of sp³-hybridized carbons (Fsp3) is 1.00. The van der Waals surface area contributed by atoms with Gasteiger partial charge in [0.2, 0.25) is 0 Å². The summed E-state index contributed by atoms with van der Waals surface area (Å²) in [7, 11) is -3.30. The molecule has 6 heteroatoms. The largest absolute Gasteiger partial charge is 0.316 e. The van der Waals surface area contributed by atoms with Crippen LogP contribution in [0.25, 0.3) is 0 Å². The van der Waals surface area contributed by atoms with Crippen molar-refractivity contribution < 1.29 is 8.42 Å². The Kier molecular flexibility index (Phi) is 8.16. The van der Waals surface area contributed by atoms with Gasteiger partial charge in [0.25, 0.3) is 10.2 Å². The number of hydrogen-bond acceptors (Lipinski definition) is 3. The fourth-order valence-electron chi connectivity index (χ4n) is 2.40. The Morgan fingerprint density at radius 2 is 1.81 bits per heavy atom. The highest BCUT2D eigenvalue weighted by Crippen LogP contribution is 2.18. The molecule has 5 nitrogen and oxygen atoms in total. The zero-order valence-corrected chi connectivity index (χ0v) is 14.9. The minimum absolute atomic E-state index is 0.357. The molecule has 0 aromatic carbocycles. The molecule has 0 aromatic heterocycles. The van der Waals surface area contributed by atoms with Gasteiger partial charge in [0.05, 0.1) is 0 Å². The predicted molar refractivity (Wildman–Crippen MR) is 88.4 cm³/mol. The molecule has 1 unspecified atom stereocenters. The van der Waals surface area contributed by atoms with Gasteiger partial charge in [0, 0.05) is 19.6 Å². The van der Waals surface area contributed by atoms with Gasteiger partial charge in [-0.05, 0) is 50.1 Å². The van der Waals surface area contributed by atoms with Crippen molar-refractivity contribution in [3.63, 3.8) is 0 Å². The Balaban J connectivity index is 2.34. The minimum atomic E-state index is -3.30. The third-order valence-corrected chi connectivity index (χ3v) is 6.08. The summed E-state index contributed by atoms with van der Waals surface area (Å²) in [5, 5.41) is 3.43. The van der Waals surface area contributed by atoms with Gasteiger partial charge in [-0.25, -0.2) is 4.72 Å². The van der Waals surface area contributed by atoms with Crippen LogP contribution in [0.1, 0.15) is 47.0 Å². The third-order valence-electron chi connectivity index (χ3n) is 4.50. The van der Waals surface area contributed by atoms with Gasteiger partial charge in [0.1, 0.15) is 0 Å². The van der Waals surface area contributed by atoms with Crippen LogP contribution in [0.3, 0.4) is 0 Å². The summed E-state index contributed by atoms with van der Waals surface area (Å²) in [6.45, 7) is 12.4. The summed E-state index contributed by atoms with van der Waals surface area (Å²) in [6, 6.07) is 0. The number of piperidine rings is 1. The highest BCUT2D eigenvalue weighted by Gasteiger charge is 2.27. The van der Waals surface area contributed by atoms with E-state index in [-0.39, 0.29) is 0 Å². The Hall–Kier alpha value is -0.170. The first-order chi connectivity index (χ1) is 9.86. The average Bonchev–Trinajstić information content (AvgIpc) is 2.45. The standard InChI is InChI=1S/C15H33N3O2S/c1-5-8-16-12-15-6-9-18(10-7-15)21(19,20)17-11-14(4)13(2)3/h13-17H,5-12H2,1-4H3. The van der Waals surface area contributed by atoms with E-state index in [9.17, 15) is 8.42 Å². The maximum absolute atomic E-state index is 12.3. The van der Waals surface area contributed by atoms with Crippen molar-refractivity contribution in [2.45, 2.75) is 47.0 Å². The van der Waals surface area contributed by atoms with Crippen molar-refractivity contribution in [2.75, 3.05) is 32.7 Å². The molecule has 0 saturated carbocycles. The van der Waals surface area contributed by atoms with Crippen molar-refractivity contribution in [1.29, 1.82) is 0 Å². The molecule has 0 bridgehead atoms. The highest BCUT2D eigenvalue weighted by atomic mass is 32.2. The maximum Gasteiger partial charge on any atom is 0.279 e. The highest BCUT2D eigenvalue weighted by molar-refractivity contribution is 7.87. The van der Waals surface area contributed by atoms with Gasteiger partial charge in [-0.1, -0.05) is 27.7 Å². The Bertz CT molecular complexity index is 376. The SMILES string of the molecule is CCCNCC1CCN(S(=O)(=O)NCC(C)C(C)C)CC1. The summed E-state index contributed by atoms with van der Waals surface area (Å²) in [5.74, 6) is 1.45. The number of hydrogen-bond donors (Lipinski definition) is 2. The van der Waals surface area contributed by atoms with Gasteiger partial charge in [-0.15, -0.1) is 0 Å². The van der Waals surface area contributed by atoms with E-state index in [4.69, 9.17) is 0 Å². The van der Waals surface area contributed by atoms with Gasteiger partial charge in [-0.2, -0.15) is 12.7 Å². The molecule has 0 spiro atoms. The molecule has 0 radical (unpaired) electrons. The topological polar surface area (TPSA) is 61.4 Å². The Morgan fingerprint density at radius 3 is 2.33 bits per heavy atom. The molecule has 1 aliphatic heterocycles. The summed E-state index contributed by atoms with van der Waals surface area (Å²) in [5.41, 5.74) is 0. The molecule has 0 amide bonds. The van der Waals surface area contributed by atoms with E-state index < -0.39 is 10.2 Å². The van der Waals surface area contributed by atoms with Crippen LogP contribution in [0.15, 0.2) is 0 Å². The molecule has 1 heterocycles. The summed E-state index contributed by atoms with van der Waals surface area (Å²) in [6.07, 6.45) is 3.06. The average molecular weight is 320 g/mol. The normalized spacial score (nSPS) is 20.0. The Morgan fingerprint density at radius 1 is 1.19 bits per heavy atom. The lowest BCUT2D eigenvalue weighted by atomic mass is 9.98. The third kappa shape index (κ3) is 6.63. The van der Waals surface area contributed by atoms with E-state index in [0.29, 0.717) is 37.4 Å². The fourth-order valence-corrected chi connectivity index (χ4v) is 3.75. The molecule has 0 aliphatic carbocycles. The lowest BCUT2D eigenvalue weighted by molar-refractivity contribution is 0.264. The van der Waals surface area contributed by atoms with Crippen LogP contribution in [0.2, 0.25) is 0 Å². The van der Waals surface area contributed by atoms with E-state index in [2.05, 4.69) is 37.7 Å². The van der Waals surface area contributed by atoms with E-state index >= 15 is 0 Å². The number of rotatable bonds is 9. The van der Waals surface area contributed by atoms with E-state index in [1.54, 1.807) is 4.31 Å². The molecule has 1 aliphatic rings. The maximum atomic E-state index is 12.3. The zero-order valence-electron chi connectivity index (χ0n) is 14.1. The van der Waals surface area contributed by atoms with Crippen LogP contribution in [-0.4, -0.2) is 45.4 Å². The second kappa shape index (κ2) is 9.08. The van der Waals surface area contributed by atoms with Crippen LogP contribution in [0.5, 0.6) is 0 Å². The summed E-state index contributed by atoms with van der Waals surface area (Å²) >= 11 is 0. The van der Waals surface area contributed by atoms with Crippen LogP contribution in [-0.2, 0) is 10.2 Å². The molecule has 21 heavy (non-hydrogen) atoms. The van der Waals surface area contributed by atoms with Crippen molar-refractivity contribution in [3.8, 4) is 0 Å². The lowest BCUT2D eigenvalue weighted by Crippen LogP contribution is -2.47. The van der Waals surface area contributed by atoms with E-state index in [1.807, 2.05) is 0 Å². The smallest absolute Gasteiger partial charge is 0.279 e. The minimum Gasteiger partial charge on any atom is -0.316 e. The van der Waals surface area contributed by atoms with E-state index in [1.165, 1.54) is 0 Å². The molecule has 1 fully saturated rings. The van der Waals surface area contributed by atoms with Crippen molar-refractivity contribution in [1.82, 2.24) is 14.3 Å². The summed E-state index contributed by atoms with van der Waals surface area (Å²) < 4.78 is 28.9. The second-order valence-corrected chi connectivity index (χ2v) is 8.38. The van der Waals surface area contributed by atoms with Gasteiger partial charge < -0.3 is 5.32 Å². The van der Waals surface area contributed by atoms with Crippen molar-refractivity contribution >= 4 is 10.2 Å². The molecule has 1 saturated heterocycles. The van der Waals surface area contributed by atoms with Gasteiger partial charge >= 0.3 is 0 Å². The van der Waals surface area contributed by atoms with Gasteiger partial charge in [0.15, 0.2) is 0 Å². The van der Waals surface area contributed by atoms with Gasteiger partial charge in [-0.3, -0.25) is 0 Å². The van der Waals surface area contributed by atoms with Crippen LogP contribution >= 0.6 is 0 Å². The van der Waals surface area contributed by atoms with Crippen molar-refractivity contribution in [3.05, 3.63) is 0 Å². The summed E-state index contributed by atoms with van der Waals surface area (Å²) in [4.78, 5) is 0. The molecular weight excluding hydrogens is 286 g/mol.